The summed E-state index contributed by atoms with van der Waals surface area (Å²) in [6.45, 7) is 2.29. The third-order valence-electron chi connectivity index (χ3n) is 3.86. The van der Waals surface area contributed by atoms with E-state index in [9.17, 15) is 0 Å². The van der Waals surface area contributed by atoms with Crippen LogP contribution in [-0.2, 0) is 6.42 Å². The third kappa shape index (κ3) is 9.76. The van der Waals surface area contributed by atoms with Crippen molar-refractivity contribution in [3.63, 3.8) is 0 Å². The fraction of sp³-hybridized carbons (Fsp3) is 0.684. The first-order valence-corrected chi connectivity index (χ1v) is 8.38. The minimum absolute atomic E-state index is 1.24. The van der Waals surface area contributed by atoms with Gasteiger partial charge in [0.05, 0.1) is 0 Å². The Labute approximate surface area is 120 Å². The molecule has 0 heterocycles. The van der Waals surface area contributed by atoms with Gasteiger partial charge in [0.25, 0.3) is 0 Å². The predicted molar refractivity (Wildman–Crippen MR) is 85.4 cm³/mol. The molecule has 0 saturated carbocycles. The van der Waals surface area contributed by atoms with Crippen molar-refractivity contribution in [1.82, 2.24) is 0 Å². The van der Waals surface area contributed by atoms with E-state index in [0.29, 0.717) is 0 Å². The summed E-state index contributed by atoms with van der Waals surface area (Å²) in [5, 5.41) is 0. The Bertz CT molecular complexity index is 275. The Kier molecular flexibility index (Phi) is 10.5. The van der Waals surface area contributed by atoms with Crippen LogP contribution in [0.5, 0.6) is 0 Å². The topological polar surface area (TPSA) is 0 Å². The fourth-order valence-corrected chi connectivity index (χ4v) is 2.58. The molecule has 1 aromatic carbocycles. The Balaban J connectivity index is 1.79. The van der Waals surface area contributed by atoms with Gasteiger partial charge in [0.2, 0.25) is 0 Å². The summed E-state index contributed by atoms with van der Waals surface area (Å²) in [5.74, 6) is 0. The average Bonchev–Trinajstić information content (AvgIpc) is 2.46. The molecule has 1 radical (unpaired) electrons. The van der Waals surface area contributed by atoms with Crippen LogP contribution in [0.1, 0.15) is 83.1 Å². The molecule has 1 rings (SSSR count). The maximum absolute atomic E-state index is 3.08. The Morgan fingerprint density at radius 3 is 1.68 bits per heavy atom. The standard InChI is InChI=1S/C19H31/c1-2-3-4-5-6-7-8-9-10-11-13-16-19-17-14-12-15-18-19/h14-15,17-18H,2-11,13,16H2,1H3. The van der Waals surface area contributed by atoms with E-state index in [1.165, 1.54) is 82.6 Å². The van der Waals surface area contributed by atoms with Gasteiger partial charge in [-0.1, -0.05) is 95.4 Å². The monoisotopic (exact) mass is 259 g/mol. The summed E-state index contributed by atoms with van der Waals surface area (Å²) in [6, 6.07) is 11.5. The van der Waals surface area contributed by atoms with Crippen LogP contribution in [0, 0.1) is 6.07 Å². The van der Waals surface area contributed by atoms with Crippen molar-refractivity contribution in [2.24, 2.45) is 0 Å². The number of aryl methyl sites for hydroxylation is 1. The van der Waals surface area contributed by atoms with E-state index in [0.717, 1.165) is 0 Å². The largest absolute Gasteiger partial charge is 0.0654 e. The molecule has 0 fully saturated rings. The number of rotatable bonds is 12. The highest BCUT2D eigenvalue weighted by atomic mass is 14.0. The molecule has 107 valence electrons. The van der Waals surface area contributed by atoms with Gasteiger partial charge in [-0.2, -0.15) is 0 Å². The van der Waals surface area contributed by atoms with Crippen molar-refractivity contribution in [2.75, 3.05) is 0 Å². The molecule has 0 atom stereocenters. The molecule has 0 amide bonds. The van der Waals surface area contributed by atoms with E-state index >= 15 is 0 Å². The van der Waals surface area contributed by atoms with Gasteiger partial charge in [-0.15, -0.1) is 0 Å². The summed E-state index contributed by atoms with van der Waals surface area (Å²) < 4.78 is 0. The quantitative estimate of drug-likeness (QED) is 0.384. The Morgan fingerprint density at radius 1 is 0.684 bits per heavy atom. The van der Waals surface area contributed by atoms with E-state index in [-0.39, 0.29) is 0 Å². The minimum atomic E-state index is 1.24. The van der Waals surface area contributed by atoms with Crippen molar-refractivity contribution in [3.8, 4) is 0 Å². The van der Waals surface area contributed by atoms with E-state index in [4.69, 9.17) is 0 Å². The molecule has 0 saturated heterocycles. The lowest BCUT2D eigenvalue weighted by molar-refractivity contribution is 0.549. The summed E-state index contributed by atoms with van der Waals surface area (Å²) in [7, 11) is 0. The first-order chi connectivity index (χ1) is 9.43. The van der Waals surface area contributed by atoms with Crippen molar-refractivity contribution in [1.29, 1.82) is 0 Å². The van der Waals surface area contributed by atoms with E-state index in [1.807, 2.05) is 12.1 Å². The molecule has 0 spiro atoms. The zero-order chi connectivity index (χ0) is 13.6. The van der Waals surface area contributed by atoms with Crippen LogP contribution in [0.15, 0.2) is 24.3 Å². The van der Waals surface area contributed by atoms with Gasteiger partial charge in [-0.3, -0.25) is 0 Å². The van der Waals surface area contributed by atoms with Crippen LogP contribution >= 0.6 is 0 Å². The smallest absolute Gasteiger partial charge is 0.0184 e. The molecule has 1 aromatic rings. The fourth-order valence-electron chi connectivity index (χ4n) is 2.58. The highest BCUT2D eigenvalue weighted by Crippen LogP contribution is 2.12. The van der Waals surface area contributed by atoms with E-state index in [1.54, 1.807) is 0 Å². The van der Waals surface area contributed by atoms with Crippen LogP contribution in [-0.4, -0.2) is 0 Å². The van der Waals surface area contributed by atoms with Crippen molar-refractivity contribution in [2.45, 2.75) is 84.0 Å². The number of hydrogen-bond donors (Lipinski definition) is 0. The van der Waals surface area contributed by atoms with Crippen molar-refractivity contribution < 1.29 is 0 Å². The summed E-state index contributed by atoms with van der Waals surface area (Å²) >= 11 is 0. The summed E-state index contributed by atoms with van der Waals surface area (Å²) in [5.41, 5.74) is 1.47. The number of benzene rings is 1. The summed E-state index contributed by atoms with van der Waals surface area (Å²) in [4.78, 5) is 0. The molecule has 0 unspecified atom stereocenters. The average molecular weight is 259 g/mol. The molecule has 0 N–H and O–H groups in total. The van der Waals surface area contributed by atoms with Crippen LogP contribution in [0.25, 0.3) is 0 Å². The second-order valence-electron chi connectivity index (χ2n) is 5.69. The maximum atomic E-state index is 3.08. The molecule has 0 heteroatoms. The van der Waals surface area contributed by atoms with Crippen LogP contribution in [0.4, 0.5) is 0 Å². The molecular formula is C19H31. The summed E-state index contributed by atoms with van der Waals surface area (Å²) in [6.07, 6.45) is 16.9. The zero-order valence-corrected chi connectivity index (χ0v) is 12.8. The molecular weight excluding hydrogens is 228 g/mol. The zero-order valence-electron chi connectivity index (χ0n) is 12.8. The maximum Gasteiger partial charge on any atom is -0.0184 e. The van der Waals surface area contributed by atoms with Crippen LogP contribution in [0.2, 0.25) is 0 Å². The van der Waals surface area contributed by atoms with Gasteiger partial charge in [0.1, 0.15) is 0 Å². The normalized spacial score (nSPS) is 10.8. The Morgan fingerprint density at radius 2 is 1.16 bits per heavy atom. The third-order valence-corrected chi connectivity index (χ3v) is 3.86. The highest BCUT2D eigenvalue weighted by Gasteiger charge is 1.94. The molecule has 19 heavy (non-hydrogen) atoms. The van der Waals surface area contributed by atoms with Crippen LogP contribution < -0.4 is 0 Å². The van der Waals surface area contributed by atoms with Crippen molar-refractivity contribution in [3.05, 3.63) is 35.9 Å². The molecule has 0 nitrogen and oxygen atoms in total. The SMILES string of the molecule is CCCCCCCCCCCCCc1cc[c]cc1. The Hall–Kier alpha value is -0.780. The lowest BCUT2D eigenvalue weighted by Crippen LogP contribution is -1.86. The first kappa shape index (κ1) is 16.3. The van der Waals surface area contributed by atoms with Gasteiger partial charge < -0.3 is 0 Å². The van der Waals surface area contributed by atoms with Gasteiger partial charge in [-0.05, 0) is 24.5 Å². The molecule has 0 aliphatic heterocycles. The second kappa shape index (κ2) is 12.3. The lowest BCUT2D eigenvalue weighted by atomic mass is 10.0. The first-order valence-electron chi connectivity index (χ1n) is 8.38. The second-order valence-corrected chi connectivity index (χ2v) is 5.69. The molecule has 0 bridgehead atoms. The molecule has 0 aliphatic carbocycles. The van der Waals surface area contributed by atoms with Crippen molar-refractivity contribution >= 4 is 0 Å². The molecule has 0 aliphatic rings. The number of unbranched alkanes of at least 4 members (excludes halogenated alkanes) is 10. The van der Waals surface area contributed by atoms with Gasteiger partial charge in [0, 0.05) is 0 Å². The molecule has 0 aromatic heterocycles. The lowest BCUT2D eigenvalue weighted by Gasteiger charge is -2.03. The van der Waals surface area contributed by atoms with Gasteiger partial charge in [0.15, 0.2) is 0 Å². The van der Waals surface area contributed by atoms with E-state index in [2.05, 4.69) is 25.1 Å². The highest BCUT2D eigenvalue weighted by molar-refractivity contribution is 5.13. The van der Waals surface area contributed by atoms with Crippen LogP contribution in [0.3, 0.4) is 0 Å². The van der Waals surface area contributed by atoms with Gasteiger partial charge in [-0.25, -0.2) is 0 Å². The predicted octanol–water partition coefficient (Wildman–Crippen LogP) is 6.34. The van der Waals surface area contributed by atoms with E-state index < -0.39 is 0 Å². The number of hydrogen-bond acceptors (Lipinski definition) is 0. The van der Waals surface area contributed by atoms with Gasteiger partial charge >= 0.3 is 0 Å². The minimum Gasteiger partial charge on any atom is -0.0654 e.